The number of hydrogen-bond donors (Lipinski definition) is 0. The van der Waals surface area contributed by atoms with Crippen LogP contribution in [0.3, 0.4) is 0 Å². The van der Waals surface area contributed by atoms with Gasteiger partial charge in [-0.05, 0) is 36.1 Å². The third-order valence-corrected chi connectivity index (χ3v) is 3.80. The maximum Gasteiger partial charge on any atom is 0.110 e. The van der Waals surface area contributed by atoms with Crippen LogP contribution in [0, 0.1) is 0 Å². The van der Waals surface area contributed by atoms with E-state index in [0.29, 0.717) is 11.8 Å². The highest BCUT2D eigenvalue weighted by Gasteiger charge is 2.28. The summed E-state index contributed by atoms with van der Waals surface area (Å²) in [5, 5.41) is 0. The third kappa shape index (κ3) is 1.33. The number of hydrogen-bond acceptors (Lipinski definition) is 2. The van der Waals surface area contributed by atoms with Crippen LogP contribution >= 0.6 is 0 Å². The first-order valence-corrected chi connectivity index (χ1v) is 5.90. The van der Waals surface area contributed by atoms with Crippen molar-refractivity contribution < 1.29 is 8.83 Å². The average molecular weight is 216 g/mol. The van der Waals surface area contributed by atoms with E-state index in [0.717, 1.165) is 24.4 Å². The monoisotopic (exact) mass is 216 g/mol. The quantitative estimate of drug-likeness (QED) is 0.668. The predicted molar refractivity (Wildman–Crippen MR) is 61.7 cm³/mol. The maximum atomic E-state index is 5.62. The Balaban J connectivity index is 2.08. The van der Waals surface area contributed by atoms with Gasteiger partial charge in [0.15, 0.2) is 0 Å². The minimum atomic E-state index is 0.384. The highest BCUT2D eigenvalue weighted by atomic mass is 16.3. The van der Waals surface area contributed by atoms with Crippen molar-refractivity contribution in [2.75, 3.05) is 0 Å². The van der Waals surface area contributed by atoms with Gasteiger partial charge in [0.2, 0.25) is 0 Å². The summed E-state index contributed by atoms with van der Waals surface area (Å²) < 4.78 is 11.2. The molecule has 0 bridgehead atoms. The summed E-state index contributed by atoms with van der Waals surface area (Å²) in [4.78, 5) is 0. The standard InChI is InChI=1S/C14H16O2/c1-9-10(2)14-12(6-8-16-14)4-3-11-5-7-15-13(9)11/h5-10H,3-4H2,1-2H3. The molecule has 3 rings (SSSR count). The first kappa shape index (κ1) is 9.76. The van der Waals surface area contributed by atoms with Gasteiger partial charge in [0.05, 0.1) is 12.5 Å². The first-order valence-electron chi connectivity index (χ1n) is 5.90. The van der Waals surface area contributed by atoms with Gasteiger partial charge in [0.1, 0.15) is 11.5 Å². The smallest absolute Gasteiger partial charge is 0.110 e. The van der Waals surface area contributed by atoms with E-state index in [4.69, 9.17) is 8.83 Å². The molecule has 2 nitrogen and oxygen atoms in total. The molecule has 2 unspecified atom stereocenters. The lowest BCUT2D eigenvalue weighted by Gasteiger charge is -2.21. The molecule has 0 N–H and O–H groups in total. The number of furan rings is 2. The highest BCUT2D eigenvalue weighted by Crippen LogP contribution is 2.38. The summed E-state index contributed by atoms with van der Waals surface area (Å²) in [5.74, 6) is 3.04. The summed E-state index contributed by atoms with van der Waals surface area (Å²) in [7, 11) is 0. The summed E-state index contributed by atoms with van der Waals surface area (Å²) in [6.45, 7) is 4.43. The van der Waals surface area contributed by atoms with E-state index in [9.17, 15) is 0 Å². The number of fused-ring (bicyclic) bond motifs is 2. The molecule has 84 valence electrons. The Hall–Kier alpha value is -1.44. The molecule has 16 heavy (non-hydrogen) atoms. The van der Waals surface area contributed by atoms with Gasteiger partial charge >= 0.3 is 0 Å². The largest absolute Gasteiger partial charge is 0.469 e. The Morgan fingerprint density at radius 1 is 0.875 bits per heavy atom. The molecule has 2 atom stereocenters. The van der Waals surface area contributed by atoms with E-state index in [1.807, 2.05) is 0 Å². The molecular formula is C14H16O2. The fraction of sp³-hybridized carbons (Fsp3) is 0.429. The van der Waals surface area contributed by atoms with E-state index >= 15 is 0 Å². The summed E-state index contributed by atoms with van der Waals surface area (Å²) >= 11 is 0. The van der Waals surface area contributed by atoms with E-state index in [1.165, 1.54) is 11.1 Å². The fourth-order valence-electron chi connectivity index (χ4n) is 2.63. The van der Waals surface area contributed by atoms with Crippen LogP contribution in [0.25, 0.3) is 0 Å². The molecule has 0 fully saturated rings. The zero-order chi connectivity index (χ0) is 11.1. The molecule has 0 aromatic carbocycles. The number of rotatable bonds is 0. The molecule has 2 heterocycles. The van der Waals surface area contributed by atoms with Crippen LogP contribution in [-0.2, 0) is 12.8 Å². The molecule has 0 saturated carbocycles. The Bertz CT molecular complexity index is 446. The number of aryl methyl sites for hydroxylation is 2. The second kappa shape index (κ2) is 3.55. The van der Waals surface area contributed by atoms with Crippen molar-refractivity contribution in [1.82, 2.24) is 0 Å². The Morgan fingerprint density at radius 2 is 1.31 bits per heavy atom. The minimum Gasteiger partial charge on any atom is -0.469 e. The van der Waals surface area contributed by atoms with Gasteiger partial charge in [0.25, 0.3) is 0 Å². The van der Waals surface area contributed by atoms with Gasteiger partial charge in [-0.2, -0.15) is 0 Å². The molecule has 1 aliphatic carbocycles. The second-order valence-corrected chi connectivity index (χ2v) is 4.70. The molecule has 2 aromatic heterocycles. The van der Waals surface area contributed by atoms with Crippen LogP contribution in [0.2, 0.25) is 0 Å². The van der Waals surface area contributed by atoms with Crippen molar-refractivity contribution >= 4 is 0 Å². The Morgan fingerprint density at radius 3 is 1.75 bits per heavy atom. The second-order valence-electron chi connectivity index (χ2n) is 4.70. The lowest BCUT2D eigenvalue weighted by Crippen LogP contribution is -2.11. The maximum absolute atomic E-state index is 5.62. The molecule has 2 aromatic rings. The molecule has 0 radical (unpaired) electrons. The predicted octanol–water partition coefficient (Wildman–Crippen LogP) is 3.88. The van der Waals surface area contributed by atoms with Crippen molar-refractivity contribution in [1.29, 1.82) is 0 Å². The van der Waals surface area contributed by atoms with E-state index in [-0.39, 0.29) is 0 Å². The molecule has 0 saturated heterocycles. The van der Waals surface area contributed by atoms with Crippen molar-refractivity contribution in [2.45, 2.75) is 38.5 Å². The lowest BCUT2D eigenvalue weighted by molar-refractivity contribution is 0.389. The average Bonchev–Trinajstić information content (AvgIpc) is 2.91. The third-order valence-electron chi connectivity index (χ3n) is 3.80. The van der Waals surface area contributed by atoms with Crippen molar-refractivity contribution in [2.24, 2.45) is 0 Å². The van der Waals surface area contributed by atoms with Crippen molar-refractivity contribution in [3.8, 4) is 0 Å². The Labute approximate surface area is 95.3 Å². The van der Waals surface area contributed by atoms with Crippen molar-refractivity contribution in [3.63, 3.8) is 0 Å². The zero-order valence-corrected chi connectivity index (χ0v) is 9.69. The molecule has 0 spiro atoms. The zero-order valence-electron chi connectivity index (χ0n) is 9.69. The SMILES string of the molecule is CC1c2occc2CCc2ccoc2C1C. The molecule has 1 aliphatic rings. The van der Waals surface area contributed by atoms with Gasteiger partial charge in [-0.25, -0.2) is 0 Å². The first-order chi connectivity index (χ1) is 7.77. The topological polar surface area (TPSA) is 26.3 Å². The van der Waals surface area contributed by atoms with Crippen LogP contribution < -0.4 is 0 Å². The van der Waals surface area contributed by atoms with Crippen LogP contribution in [0.1, 0.15) is 48.3 Å². The van der Waals surface area contributed by atoms with Crippen molar-refractivity contribution in [3.05, 3.63) is 47.3 Å². The van der Waals surface area contributed by atoms with E-state index in [1.54, 1.807) is 12.5 Å². The summed E-state index contributed by atoms with van der Waals surface area (Å²) in [6, 6.07) is 4.20. The molecule has 0 aliphatic heterocycles. The van der Waals surface area contributed by atoms with Gasteiger partial charge in [0, 0.05) is 11.8 Å². The normalized spacial score (nSPS) is 24.4. The summed E-state index contributed by atoms with van der Waals surface area (Å²) in [6.07, 6.45) is 5.72. The van der Waals surface area contributed by atoms with Gasteiger partial charge in [-0.3, -0.25) is 0 Å². The van der Waals surface area contributed by atoms with Crippen LogP contribution in [0.15, 0.2) is 33.5 Å². The molecular weight excluding hydrogens is 200 g/mol. The molecule has 0 amide bonds. The fourth-order valence-corrected chi connectivity index (χ4v) is 2.63. The van der Waals surface area contributed by atoms with Gasteiger partial charge < -0.3 is 8.83 Å². The highest BCUT2D eigenvalue weighted by molar-refractivity contribution is 5.31. The van der Waals surface area contributed by atoms with Crippen LogP contribution in [0.4, 0.5) is 0 Å². The Kier molecular flexibility index (Phi) is 2.16. The van der Waals surface area contributed by atoms with Crippen LogP contribution in [-0.4, -0.2) is 0 Å². The van der Waals surface area contributed by atoms with E-state index in [2.05, 4.69) is 26.0 Å². The summed E-state index contributed by atoms with van der Waals surface area (Å²) in [5.41, 5.74) is 2.71. The van der Waals surface area contributed by atoms with Crippen LogP contribution in [0.5, 0.6) is 0 Å². The minimum absolute atomic E-state index is 0.384. The van der Waals surface area contributed by atoms with Gasteiger partial charge in [-0.1, -0.05) is 13.8 Å². The van der Waals surface area contributed by atoms with E-state index < -0.39 is 0 Å². The molecule has 2 heteroatoms. The van der Waals surface area contributed by atoms with Gasteiger partial charge in [-0.15, -0.1) is 0 Å². The lowest BCUT2D eigenvalue weighted by atomic mass is 9.84.